The van der Waals surface area contributed by atoms with Gasteiger partial charge in [-0.05, 0) is 51.3 Å². The molecule has 0 saturated carbocycles. The predicted octanol–water partition coefficient (Wildman–Crippen LogP) is 4.41. The summed E-state index contributed by atoms with van der Waals surface area (Å²) in [4.78, 5) is 31.8. The molecule has 30 heavy (non-hydrogen) atoms. The van der Waals surface area contributed by atoms with Gasteiger partial charge in [0.15, 0.2) is 5.13 Å². The zero-order valence-corrected chi connectivity index (χ0v) is 18.8. The summed E-state index contributed by atoms with van der Waals surface area (Å²) < 4.78 is 10.6. The van der Waals surface area contributed by atoms with E-state index in [0.29, 0.717) is 31.1 Å². The first kappa shape index (κ1) is 22.1. The minimum absolute atomic E-state index is 0.0430. The lowest BCUT2D eigenvalue weighted by atomic mass is 10.1. The summed E-state index contributed by atoms with van der Waals surface area (Å²) in [5.74, 6) is 0.785. The van der Waals surface area contributed by atoms with Crippen molar-refractivity contribution in [3.8, 4) is 5.75 Å². The maximum atomic E-state index is 12.3. The van der Waals surface area contributed by atoms with Gasteiger partial charge in [0.1, 0.15) is 11.4 Å². The van der Waals surface area contributed by atoms with E-state index < -0.39 is 5.60 Å². The largest absolute Gasteiger partial charge is 0.497 e. The van der Waals surface area contributed by atoms with Gasteiger partial charge in [-0.25, -0.2) is 9.78 Å². The second-order valence-corrected chi connectivity index (χ2v) is 9.37. The molecule has 7 nitrogen and oxygen atoms in total. The molecule has 1 aromatic heterocycles. The number of nitrogens with zero attached hydrogens (tertiary/aromatic N) is 2. The number of amides is 2. The lowest BCUT2D eigenvalue weighted by molar-refractivity contribution is -0.116. The fourth-order valence-electron chi connectivity index (χ4n) is 3.16. The van der Waals surface area contributed by atoms with Gasteiger partial charge in [-0.1, -0.05) is 23.5 Å². The highest BCUT2D eigenvalue weighted by atomic mass is 32.1. The third-order valence-corrected chi connectivity index (χ3v) is 5.66. The highest BCUT2D eigenvalue weighted by molar-refractivity contribution is 7.15. The van der Waals surface area contributed by atoms with Gasteiger partial charge < -0.3 is 19.7 Å². The zero-order chi connectivity index (χ0) is 21.7. The molecule has 0 unspecified atom stereocenters. The minimum Gasteiger partial charge on any atom is -0.497 e. The van der Waals surface area contributed by atoms with E-state index in [1.807, 2.05) is 45.0 Å². The Bertz CT molecular complexity index is 887. The van der Waals surface area contributed by atoms with Crippen molar-refractivity contribution in [3.05, 3.63) is 40.4 Å². The average Bonchev–Trinajstić information content (AvgIpc) is 3.08. The topological polar surface area (TPSA) is 80.8 Å². The quantitative estimate of drug-likeness (QED) is 0.733. The third kappa shape index (κ3) is 6.19. The van der Waals surface area contributed by atoms with Gasteiger partial charge in [0, 0.05) is 24.3 Å². The van der Waals surface area contributed by atoms with Gasteiger partial charge in [0.25, 0.3) is 0 Å². The summed E-state index contributed by atoms with van der Waals surface area (Å²) >= 11 is 1.43. The Morgan fingerprint density at radius 2 is 1.97 bits per heavy atom. The Kier molecular flexibility index (Phi) is 6.97. The monoisotopic (exact) mass is 431 g/mol. The van der Waals surface area contributed by atoms with Gasteiger partial charge >= 0.3 is 6.09 Å². The van der Waals surface area contributed by atoms with E-state index in [-0.39, 0.29) is 12.0 Å². The van der Waals surface area contributed by atoms with Crippen LogP contribution < -0.4 is 10.1 Å². The standard InChI is InChI=1S/C22H29N3O4S/c1-22(2,3)29-21(27)25-13-12-17-18(14-25)30-20(23-17)24-19(26)7-5-6-15-8-10-16(28-4)11-9-15/h8-11H,5-7,12-14H2,1-4H3,(H,23,24,26). The van der Waals surface area contributed by atoms with E-state index in [9.17, 15) is 9.59 Å². The summed E-state index contributed by atoms with van der Waals surface area (Å²) in [6.07, 6.45) is 2.37. The molecule has 1 aliphatic rings. The molecule has 2 heterocycles. The molecule has 0 radical (unpaired) electrons. The van der Waals surface area contributed by atoms with Crippen LogP contribution in [0.1, 0.15) is 49.7 Å². The van der Waals surface area contributed by atoms with E-state index in [0.717, 1.165) is 29.2 Å². The number of ether oxygens (including phenoxy) is 2. The van der Waals surface area contributed by atoms with Crippen LogP contribution in [0.25, 0.3) is 0 Å². The van der Waals surface area contributed by atoms with Gasteiger partial charge in [0.05, 0.1) is 19.3 Å². The molecule has 1 aromatic carbocycles. The number of rotatable bonds is 6. The first-order valence-corrected chi connectivity index (χ1v) is 10.9. The molecule has 8 heteroatoms. The number of hydrogen-bond acceptors (Lipinski definition) is 6. The Balaban J connectivity index is 1.47. The molecule has 0 atom stereocenters. The van der Waals surface area contributed by atoms with Crippen molar-refractivity contribution in [1.82, 2.24) is 9.88 Å². The molecule has 162 valence electrons. The molecule has 0 aliphatic carbocycles. The summed E-state index contributed by atoms with van der Waals surface area (Å²) in [5, 5.41) is 3.50. The van der Waals surface area contributed by atoms with Crippen LogP contribution in [-0.4, -0.2) is 41.1 Å². The van der Waals surface area contributed by atoms with Crippen molar-refractivity contribution >= 4 is 28.5 Å². The second kappa shape index (κ2) is 9.47. The maximum absolute atomic E-state index is 12.3. The molecular weight excluding hydrogens is 402 g/mol. The zero-order valence-electron chi connectivity index (χ0n) is 18.0. The number of aryl methyl sites for hydroxylation is 1. The van der Waals surface area contributed by atoms with Crippen LogP contribution in [0.3, 0.4) is 0 Å². The fourth-order valence-corrected chi connectivity index (χ4v) is 4.20. The number of methoxy groups -OCH3 is 1. The fraction of sp³-hybridized carbons (Fsp3) is 0.500. The minimum atomic E-state index is -0.518. The molecular formula is C22H29N3O4S. The molecule has 1 N–H and O–H groups in total. The number of fused-ring (bicyclic) bond motifs is 1. The average molecular weight is 432 g/mol. The van der Waals surface area contributed by atoms with E-state index in [1.54, 1.807) is 12.0 Å². The molecule has 2 amide bonds. The van der Waals surface area contributed by atoms with Crippen molar-refractivity contribution in [1.29, 1.82) is 0 Å². The predicted molar refractivity (Wildman–Crippen MR) is 117 cm³/mol. The molecule has 2 aromatic rings. The molecule has 1 aliphatic heterocycles. The smallest absolute Gasteiger partial charge is 0.410 e. The Hall–Kier alpha value is -2.61. The number of carbonyl (C=O) groups is 2. The first-order chi connectivity index (χ1) is 14.2. The van der Waals surface area contributed by atoms with E-state index >= 15 is 0 Å². The van der Waals surface area contributed by atoms with E-state index in [1.165, 1.54) is 16.9 Å². The van der Waals surface area contributed by atoms with Crippen LogP contribution in [0.5, 0.6) is 5.75 Å². The highest BCUT2D eigenvalue weighted by Crippen LogP contribution is 2.29. The highest BCUT2D eigenvalue weighted by Gasteiger charge is 2.28. The van der Waals surface area contributed by atoms with E-state index in [2.05, 4.69) is 10.3 Å². The van der Waals surface area contributed by atoms with Crippen molar-refractivity contribution < 1.29 is 19.1 Å². The number of carbonyl (C=O) groups excluding carboxylic acids is 2. The van der Waals surface area contributed by atoms with Crippen LogP contribution in [0.15, 0.2) is 24.3 Å². The van der Waals surface area contributed by atoms with Crippen LogP contribution in [-0.2, 0) is 28.9 Å². The van der Waals surface area contributed by atoms with Crippen LogP contribution >= 0.6 is 11.3 Å². The van der Waals surface area contributed by atoms with Gasteiger partial charge in [0.2, 0.25) is 5.91 Å². The number of anilines is 1. The Morgan fingerprint density at radius 1 is 1.23 bits per heavy atom. The molecule has 0 saturated heterocycles. The van der Waals surface area contributed by atoms with E-state index in [4.69, 9.17) is 9.47 Å². The number of thiazole rings is 1. The molecule has 0 bridgehead atoms. The number of aromatic nitrogens is 1. The van der Waals surface area contributed by atoms with Crippen molar-refractivity contribution in [2.24, 2.45) is 0 Å². The summed E-state index contributed by atoms with van der Waals surface area (Å²) in [7, 11) is 1.64. The Labute approximate surface area is 181 Å². The van der Waals surface area contributed by atoms with Gasteiger partial charge in [-0.2, -0.15) is 0 Å². The van der Waals surface area contributed by atoms with Crippen LogP contribution in [0, 0.1) is 0 Å². The van der Waals surface area contributed by atoms with Crippen molar-refractivity contribution in [2.75, 3.05) is 19.0 Å². The number of nitrogens with one attached hydrogen (secondary N) is 1. The second-order valence-electron chi connectivity index (χ2n) is 8.29. The summed E-state index contributed by atoms with van der Waals surface area (Å²) in [5.41, 5.74) is 1.61. The lowest BCUT2D eigenvalue weighted by Crippen LogP contribution is -2.39. The summed E-state index contributed by atoms with van der Waals surface area (Å²) in [6.45, 7) is 6.61. The molecule has 0 spiro atoms. The van der Waals surface area contributed by atoms with Crippen molar-refractivity contribution in [3.63, 3.8) is 0 Å². The third-order valence-electron chi connectivity index (χ3n) is 4.66. The Morgan fingerprint density at radius 3 is 2.63 bits per heavy atom. The molecule has 0 fully saturated rings. The normalized spacial score (nSPS) is 13.5. The van der Waals surface area contributed by atoms with Crippen LogP contribution in [0.2, 0.25) is 0 Å². The number of hydrogen-bond donors (Lipinski definition) is 1. The first-order valence-electron chi connectivity index (χ1n) is 10.1. The SMILES string of the molecule is COc1ccc(CCCC(=O)Nc2nc3c(s2)CN(C(=O)OC(C)(C)C)CC3)cc1. The van der Waals surface area contributed by atoms with Crippen LogP contribution in [0.4, 0.5) is 9.93 Å². The molecule has 3 rings (SSSR count). The number of benzene rings is 1. The van der Waals surface area contributed by atoms with Gasteiger partial charge in [-0.15, -0.1) is 0 Å². The summed E-state index contributed by atoms with van der Waals surface area (Å²) in [6, 6.07) is 7.89. The van der Waals surface area contributed by atoms with Gasteiger partial charge in [-0.3, -0.25) is 4.79 Å². The maximum Gasteiger partial charge on any atom is 0.410 e. The van der Waals surface area contributed by atoms with Crippen molar-refractivity contribution in [2.45, 2.75) is 58.6 Å². The lowest BCUT2D eigenvalue weighted by Gasteiger charge is -2.29.